The van der Waals surface area contributed by atoms with Gasteiger partial charge in [0.05, 0.1) is 22.1 Å². The largest absolute Gasteiger partial charge is 0.417 e. The molecule has 1 atom stereocenters. The monoisotopic (exact) mass is 469 g/mol. The predicted molar refractivity (Wildman–Crippen MR) is 112 cm³/mol. The summed E-state index contributed by atoms with van der Waals surface area (Å²) < 4.78 is 39.3. The third-order valence-corrected chi connectivity index (χ3v) is 5.78. The molecule has 3 heterocycles. The van der Waals surface area contributed by atoms with E-state index in [1.807, 2.05) is 4.90 Å². The van der Waals surface area contributed by atoms with Crippen LogP contribution in [0.25, 0.3) is 0 Å². The molecular weight excluding hydrogens is 451 g/mol. The highest BCUT2D eigenvalue weighted by Crippen LogP contribution is 2.37. The summed E-state index contributed by atoms with van der Waals surface area (Å²) in [5, 5.41) is 4.36. The number of carbonyl (C=O) groups excluding carboxylic acids is 2. The van der Waals surface area contributed by atoms with E-state index in [9.17, 15) is 27.6 Å². The van der Waals surface area contributed by atoms with Crippen molar-refractivity contribution in [3.8, 4) is 0 Å². The summed E-state index contributed by atoms with van der Waals surface area (Å²) in [6.45, 7) is 1.41. The molecule has 1 fully saturated rings. The van der Waals surface area contributed by atoms with Crippen LogP contribution in [0.15, 0.2) is 23.0 Å². The van der Waals surface area contributed by atoms with Crippen molar-refractivity contribution >= 4 is 40.9 Å². The van der Waals surface area contributed by atoms with Crippen LogP contribution in [-0.2, 0) is 15.8 Å². The van der Waals surface area contributed by atoms with E-state index in [4.69, 9.17) is 11.6 Å². The molecule has 0 bridgehead atoms. The number of anilines is 3. The van der Waals surface area contributed by atoms with Gasteiger partial charge in [0, 0.05) is 25.2 Å². The summed E-state index contributed by atoms with van der Waals surface area (Å²) in [6, 6.07) is 2.92. The van der Waals surface area contributed by atoms with Crippen molar-refractivity contribution in [2.45, 2.75) is 37.8 Å². The van der Waals surface area contributed by atoms with Crippen molar-refractivity contribution in [3.05, 3.63) is 44.7 Å². The summed E-state index contributed by atoms with van der Waals surface area (Å²) in [5.41, 5.74) is -1.88. The van der Waals surface area contributed by atoms with E-state index >= 15 is 0 Å². The third-order valence-electron chi connectivity index (χ3n) is 5.45. The number of fused-ring (bicyclic) bond motifs is 1. The van der Waals surface area contributed by atoms with Gasteiger partial charge in [0.1, 0.15) is 5.82 Å². The zero-order valence-electron chi connectivity index (χ0n) is 16.7. The van der Waals surface area contributed by atoms with E-state index in [1.54, 1.807) is 0 Å². The number of benzene rings is 1. The lowest BCUT2D eigenvalue weighted by Gasteiger charge is -2.29. The van der Waals surface area contributed by atoms with Gasteiger partial charge in [0.25, 0.3) is 5.56 Å². The Morgan fingerprint density at radius 3 is 2.59 bits per heavy atom. The van der Waals surface area contributed by atoms with Crippen LogP contribution in [-0.4, -0.2) is 34.9 Å². The van der Waals surface area contributed by atoms with Gasteiger partial charge in [0.15, 0.2) is 0 Å². The Bertz CT molecular complexity index is 1130. The zero-order valence-corrected chi connectivity index (χ0v) is 17.4. The molecule has 1 aromatic carbocycles. The van der Waals surface area contributed by atoms with E-state index in [-0.39, 0.29) is 23.5 Å². The number of aromatic amines is 1. The van der Waals surface area contributed by atoms with Crippen LogP contribution < -0.4 is 21.1 Å². The number of aromatic nitrogens is 2. The number of hydrogen-bond donors (Lipinski definition) is 3. The number of nitrogens with zero attached hydrogens (tertiary/aromatic N) is 2. The molecule has 12 heteroatoms. The van der Waals surface area contributed by atoms with Gasteiger partial charge in [-0.1, -0.05) is 11.6 Å². The fourth-order valence-corrected chi connectivity index (χ4v) is 4.11. The smallest absolute Gasteiger partial charge is 0.342 e. The summed E-state index contributed by atoms with van der Waals surface area (Å²) in [5.74, 6) is -2.24. The number of piperidine rings is 1. The van der Waals surface area contributed by atoms with Gasteiger partial charge in [-0.15, -0.1) is 0 Å². The summed E-state index contributed by atoms with van der Waals surface area (Å²) in [4.78, 5) is 46.8. The van der Waals surface area contributed by atoms with Crippen LogP contribution in [0.3, 0.4) is 0 Å². The van der Waals surface area contributed by atoms with Crippen LogP contribution in [0.5, 0.6) is 0 Å². The van der Waals surface area contributed by atoms with Gasteiger partial charge < -0.3 is 15.5 Å². The number of carbonyl (C=O) groups is 2. The highest BCUT2D eigenvalue weighted by Gasteiger charge is 2.36. The Morgan fingerprint density at radius 1 is 1.19 bits per heavy atom. The molecule has 4 rings (SSSR count). The molecule has 0 radical (unpaired) electrons. The minimum absolute atomic E-state index is 0.0159. The van der Waals surface area contributed by atoms with E-state index in [1.165, 1.54) is 6.07 Å². The van der Waals surface area contributed by atoms with Crippen LogP contribution in [0, 0.1) is 0 Å². The average Bonchev–Trinajstić information content (AvgIpc) is 2.74. The number of H-pyrrole nitrogens is 1. The van der Waals surface area contributed by atoms with Gasteiger partial charge in [-0.05, 0) is 37.5 Å². The van der Waals surface area contributed by atoms with Gasteiger partial charge in [-0.3, -0.25) is 19.4 Å². The predicted octanol–water partition coefficient (Wildman–Crippen LogP) is 3.50. The molecule has 1 saturated heterocycles. The number of halogens is 4. The Hall–Kier alpha value is -3.08. The Labute approximate surface area is 185 Å². The van der Waals surface area contributed by atoms with Crippen molar-refractivity contribution in [1.82, 2.24) is 9.97 Å². The summed E-state index contributed by atoms with van der Waals surface area (Å²) >= 11 is 5.61. The minimum atomic E-state index is -4.71. The molecule has 8 nitrogen and oxygen atoms in total. The van der Waals surface area contributed by atoms with Gasteiger partial charge in [-0.2, -0.15) is 18.2 Å². The zero-order chi connectivity index (χ0) is 23.0. The lowest BCUT2D eigenvalue weighted by atomic mass is 9.92. The van der Waals surface area contributed by atoms with Gasteiger partial charge >= 0.3 is 6.18 Å². The van der Waals surface area contributed by atoms with Crippen molar-refractivity contribution < 1.29 is 22.8 Å². The Morgan fingerprint density at radius 2 is 1.91 bits per heavy atom. The fraction of sp³-hybridized carbons (Fsp3) is 0.400. The maximum absolute atomic E-state index is 13.1. The molecule has 0 saturated carbocycles. The van der Waals surface area contributed by atoms with Crippen LogP contribution in [0.1, 0.15) is 42.7 Å². The summed E-state index contributed by atoms with van der Waals surface area (Å²) in [7, 11) is 0. The minimum Gasteiger partial charge on any atom is -0.342 e. The highest BCUT2D eigenvalue weighted by atomic mass is 35.5. The average molecular weight is 470 g/mol. The number of alkyl halides is 3. The first-order valence-electron chi connectivity index (χ1n) is 10.00. The molecule has 32 heavy (non-hydrogen) atoms. The lowest BCUT2D eigenvalue weighted by molar-refractivity contribution is -0.137. The molecule has 0 spiro atoms. The van der Waals surface area contributed by atoms with E-state index < -0.39 is 40.1 Å². The maximum Gasteiger partial charge on any atom is 0.417 e. The second-order valence-electron chi connectivity index (χ2n) is 7.69. The van der Waals surface area contributed by atoms with Gasteiger partial charge in [0.2, 0.25) is 17.8 Å². The first-order chi connectivity index (χ1) is 15.1. The van der Waals surface area contributed by atoms with Crippen LogP contribution in [0.2, 0.25) is 5.02 Å². The van der Waals surface area contributed by atoms with E-state index in [0.29, 0.717) is 25.1 Å². The molecule has 0 aliphatic carbocycles. The molecular formula is C20H19ClF3N5O3. The second-order valence-corrected chi connectivity index (χ2v) is 8.09. The van der Waals surface area contributed by atoms with Crippen molar-refractivity contribution in [2.75, 3.05) is 28.6 Å². The molecule has 1 unspecified atom stereocenters. The van der Waals surface area contributed by atoms with Crippen molar-refractivity contribution in [2.24, 2.45) is 0 Å². The third kappa shape index (κ3) is 4.43. The van der Waals surface area contributed by atoms with Crippen molar-refractivity contribution in [3.63, 3.8) is 0 Å². The van der Waals surface area contributed by atoms with E-state index in [0.717, 1.165) is 25.3 Å². The normalized spacial score (nSPS) is 18.7. The van der Waals surface area contributed by atoms with Gasteiger partial charge in [-0.25, -0.2) is 0 Å². The first kappa shape index (κ1) is 22.1. The molecule has 170 valence electrons. The van der Waals surface area contributed by atoms with Crippen LogP contribution >= 0.6 is 11.6 Å². The number of nitrogens with one attached hydrogen (secondary N) is 3. The van der Waals surface area contributed by atoms with Crippen LogP contribution in [0.4, 0.5) is 30.6 Å². The fourth-order valence-electron chi connectivity index (χ4n) is 3.89. The molecule has 2 aromatic rings. The Kier molecular flexibility index (Phi) is 5.85. The Balaban J connectivity index is 1.63. The van der Waals surface area contributed by atoms with Crippen molar-refractivity contribution in [1.29, 1.82) is 0 Å². The highest BCUT2D eigenvalue weighted by molar-refractivity contribution is 6.31. The molecule has 3 N–H and O–H groups in total. The number of rotatable bonds is 3. The SMILES string of the molecule is O=C1CC(C(=O)Nc2ccc(Cl)c(C(F)(F)F)c2)c2c(nc(N3CCCCC3)[nH]c2=O)N1. The second kappa shape index (κ2) is 8.45. The molecule has 2 amide bonds. The standard InChI is InChI=1S/C20H19ClF3N5O3/c21-13-5-4-10(8-12(13)20(22,23)24)25-17(31)11-9-14(30)26-16-15(11)18(32)28-19(27-16)29-6-2-1-3-7-29/h4-5,8,11H,1-3,6-7,9H2,(H,25,31)(H2,26,27,28,30,32). The number of hydrogen-bond acceptors (Lipinski definition) is 5. The summed E-state index contributed by atoms with van der Waals surface area (Å²) in [6.07, 6.45) is -2.09. The number of amides is 2. The maximum atomic E-state index is 13.1. The first-order valence-corrected chi connectivity index (χ1v) is 10.4. The molecule has 1 aromatic heterocycles. The topological polar surface area (TPSA) is 107 Å². The lowest BCUT2D eigenvalue weighted by Crippen LogP contribution is -2.38. The molecule has 2 aliphatic rings. The molecule has 2 aliphatic heterocycles. The van der Waals surface area contributed by atoms with E-state index in [2.05, 4.69) is 20.6 Å². The quantitative estimate of drug-likeness (QED) is 0.638.